The number of nitrogens with zero attached hydrogens (tertiary/aromatic N) is 3. The third-order valence-corrected chi connectivity index (χ3v) is 8.47. The number of aromatic nitrogens is 2. The second kappa shape index (κ2) is 9.98. The molecule has 0 radical (unpaired) electrons. The van der Waals surface area contributed by atoms with Gasteiger partial charge >= 0.3 is 5.97 Å². The average molecular weight is 490 g/mol. The molecule has 1 unspecified atom stereocenters. The Bertz CT molecular complexity index is 1070. The van der Waals surface area contributed by atoms with Crippen LogP contribution >= 0.6 is 12.4 Å². The summed E-state index contributed by atoms with van der Waals surface area (Å²) in [6.07, 6.45) is 9.38. The summed E-state index contributed by atoms with van der Waals surface area (Å²) in [5, 5.41) is 9.57. The molecule has 2 saturated heterocycles. The van der Waals surface area contributed by atoms with Crippen LogP contribution in [0.15, 0.2) is 29.1 Å². The zero-order chi connectivity index (χ0) is 22.6. The molecule has 2 aromatic rings. The van der Waals surface area contributed by atoms with Gasteiger partial charge in [0.05, 0.1) is 11.0 Å². The first-order chi connectivity index (χ1) is 15.2. The average Bonchev–Trinajstić information content (AvgIpc) is 3.02. The predicted octanol–water partition coefficient (Wildman–Crippen LogP) is 5.93. The van der Waals surface area contributed by atoms with Crippen LogP contribution in [0.2, 0.25) is 0 Å². The summed E-state index contributed by atoms with van der Waals surface area (Å²) in [4.78, 5) is 31.8. The minimum atomic E-state index is -1.24. The first kappa shape index (κ1) is 26.7. The van der Waals surface area contributed by atoms with E-state index < -0.39 is 11.5 Å². The van der Waals surface area contributed by atoms with E-state index in [9.17, 15) is 14.7 Å². The van der Waals surface area contributed by atoms with Gasteiger partial charge in [-0.3, -0.25) is 9.69 Å². The standard InChI is InChI=1S/C26H35N3O3.CH4.ClH/c1-26(2,3)16-8-10-17(11-9-16)28-18-12-13-19(28)15-20(14-18)29-22-7-5-4-6-21(22)27-23(24(29)30)25(31)32;;/h4-7,16-20H,8-15H2,1-3H3,(H,31,32);1H4;1H/t16?,17?,18-,19+,20?;;. The van der Waals surface area contributed by atoms with E-state index in [-0.39, 0.29) is 31.6 Å². The van der Waals surface area contributed by atoms with E-state index in [1.54, 1.807) is 10.6 Å². The van der Waals surface area contributed by atoms with Crippen molar-refractivity contribution < 1.29 is 9.90 Å². The number of rotatable bonds is 3. The number of fused-ring (bicyclic) bond motifs is 3. The fraction of sp³-hybridized carbons (Fsp3) is 0.667. The molecular formula is C27H40ClN3O3. The third kappa shape index (κ3) is 4.64. The van der Waals surface area contributed by atoms with Gasteiger partial charge in [-0.2, -0.15) is 0 Å². The Hall–Kier alpha value is -1.92. The molecule has 2 bridgehead atoms. The summed E-state index contributed by atoms with van der Waals surface area (Å²) in [5.41, 5.74) is 0.909. The fourth-order valence-corrected chi connectivity index (χ4v) is 6.89. The van der Waals surface area contributed by atoms with E-state index in [4.69, 9.17) is 0 Å². The van der Waals surface area contributed by atoms with Crippen molar-refractivity contribution in [2.45, 2.75) is 104 Å². The Morgan fingerprint density at radius 3 is 2.06 bits per heavy atom. The van der Waals surface area contributed by atoms with Gasteiger partial charge in [-0.05, 0) is 74.8 Å². The molecule has 3 atom stereocenters. The first-order valence-electron chi connectivity index (χ1n) is 12.3. The summed E-state index contributed by atoms with van der Waals surface area (Å²) in [6, 6.07) is 9.12. The van der Waals surface area contributed by atoms with Crippen LogP contribution in [0.4, 0.5) is 0 Å². The fourth-order valence-electron chi connectivity index (χ4n) is 6.89. The number of carboxylic acids is 1. The molecule has 2 aliphatic heterocycles. The zero-order valence-corrected chi connectivity index (χ0v) is 20.7. The Labute approximate surface area is 209 Å². The van der Waals surface area contributed by atoms with E-state index in [1.807, 2.05) is 18.2 Å². The second-order valence-corrected chi connectivity index (χ2v) is 11.3. The lowest BCUT2D eigenvalue weighted by Gasteiger charge is -2.47. The van der Waals surface area contributed by atoms with Gasteiger partial charge in [-0.15, -0.1) is 12.4 Å². The molecule has 0 spiro atoms. The molecule has 7 heteroatoms. The lowest BCUT2D eigenvalue weighted by Crippen LogP contribution is -2.51. The normalized spacial score (nSPS) is 29.3. The van der Waals surface area contributed by atoms with Crippen LogP contribution in [0, 0.1) is 11.3 Å². The molecule has 3 fully saturated rings. The summed E-state index contributed by atoms with van der Waals surface area (Å²) in [5.74, 6) is -0.435. The number of benzene rings is 1. The molecule has 1 N–H and O–H groups in total. The quantitative estimate of drug-likeness (QED) is 0.578. The highest BCUT2D eigenvalue weighted by atomic mass is 35.5. The van der Waals surface area contributed by atoms with Crippen molar-refractivity contribution in [1.82, 2.24) is 14.5 Å². The first-order valence-corrected chi connectivity index (χ1v) is 12.3. The van der Waals surface area contributed by atoms with E-state index in [0.29, 0.717) is 29.1 Å². The van der Waals surface area contributed by atoms with E-state index >= 15 is 0 Å². The van der Waals surface area contributed by atoms with Crippen molar-refractivity contribution in [3.8, 4) is 0 Å². The van der Waals surface area contributed by atoms with Crippen molar-refractivity contribution in [3.63, 3.8) is 0 Å². The molecule has 3 aliphatic rings. The molecule has 1 saturated carbocycles. The molecule has 1 aromatic carbocycles. The number of para-hydroxylation sites is 2. The van der Waals surface area contributed by atoms with Crippen LogP contribution in [-0.4, -0.2) is 43.7 Å². The summed E-state index contributed by atoms with van der Waals surface area (Å²) < 4.78 is 1.75. The molecule has 3 heterocycles. The van der Waals surface area contributed by atoms with Crippen molar-refractivity contribution >= 4 is 29.4 Å². The Morgan fingerprint density at radius 1 is 0.941 bits per heavy atom. The highest BCUT2D eigenvalue weighted by Crippen LogP contribution is 2.46. The number of piperidine rings is 1. The van der Waals surface area contributed by atoms with Crippen molar-refractivity contribution in [2.24, 2.45) is 11.3 Å². The summed E-state index contributed by atoms with van der Waals surface area (Å²) in [6.45, 7) is 7.11. The van der Waals surface area contributed by atoms with E-state index in [2.05, 4.69) is 30.7 Å². The van der Waals surface area contributed by atoms with Crippen LogP contribution in [0.3, 0.4) is 0 Å². The largest absolute Gasteiger partial charge is 0.476 e. The van der Waals surface area contributed by atoms with Gasteiger partial charge in [0.25, 0.3) is 5.56 Å². The Kier molecular flexibility index (Phi) is 7.83. The Balaban J connectivity index is 0.00000162. The minimum absolute atomic E-state index is 0. The molecule has 0 amide bonds. The van der Waals surface area contributed by atoms with Gasteiger partial charge in [0.1, 0.15) is 0 Å². The number of halogens is 1. The molecule has 6 nitrogen and oxygen atoms in total. The minimum Gasteiger partial charge on any atom is -0.476 e. The number of aromatic carboxylic acids is 1. The lowest BCUT2D eigenvalue weighted by atomic mass is 9.71. The number of hydrogen-bond acceptors (Lipinski definition) is 4. The van der Waals surface area contributed by atoms with Gasteiger partial charge in [-0.25, -0.2) is 9.78 Å². The van der Waals surface area contributed by atoms with Gasteiger partial charge < -0.3 is 9.67 Å². The maximum Gasteiger partial charge on any atom is 0.360 e. The second-order valence-electron chi connectivity index (χ2n) is 11.3. The third-order valence-electron chi connectivity index (χ3n) is 8.47. The molecule has 34 heavy (non-hydrogen) atoms. The van der Waals surface area contributed by atoms with Crippen molar-refractivity contribution in [1.29, 1.82) is 0 Å². The lowest BCUT2D eigenvalue weighted by molar-refractivity contribution is 0.0249. The Morgan fingerprint density at radius 2 is 1.50 bits per heavy atom. The van der Waals surface area contributed by atoms with Crippen LogP contribution in [0.25, 0.3) is 11.0 Å². The van der Waals surface area contributed by atoms with Crippen LogP contribution in [-0.2, 0) is 0 Å². The topological polar surface area (TPSA) is 75.4 Å². The van der Waals surface area contributed by atoms with Gasteiger partial charge in [0, 0.05) is 24.2 Å². The van der Waals surface area contributed by atoms with Gasteiger partial charge in [-0.1, -0.05) is 40.3 Å². The predicted molar refractivity (Wildman–Crippen MR) is 139 cm³/mol. The zero-order valence-electron chi connectivity index (χ0n) is 19.9. The molecule has 188 valence electrons. The molecule has 1 aliphatic carbocycles. The number of carbonyl (C=O) groups is 1. The monoisotopic (exact) mass is 489 g/mol. The molecule has 5 rings (SSSR count). The smallest absolute Gasteiger partial charge is 0.360 e. The van der Waals surface area contributed by atoms with Crippen LogP contribution in [0.1, 0.15) is 96.1 Å². The van der Waals surface area contributed by atoms with E-state index in [1.165, 1.54) is 38.5 Å². The van der Waals surface area contributed by atoms with Gasteiger partial charge in [0.2, 0.25) is 5.69 Å². The summed E-state index contributed by atoms with van der Waals surface area (Å²) in [7, 11) is 0. The highest BCUT2D eigenvalue weighted by molar-refractivity contribution is 5.88. The van der Waals surface area contributed by atoms with Crippen LogP contribution in [0.5, 0.6) is 0 Å². The highest BCUT2D eigenvalue weighted by Gasteiger charge is 2.46. The maximum atomic E-state index is 13.2. The number of hydrogen-bond donors (Lipinski definition) is 1. The van der Waals surface area contributed by atoms with E-state index in [0.717, 1.165) is 24.3 Å². The summed E-state index contributed by atoms with van der Waals surface area (Å²) >= 11 is 0. The van der Waals surface area contributed by atoms with Crippen molar-refractivity contribution in [2.75, 3.05) is 0 Å². The molecule has 1 aromatic heterocycles. The van der Waals surface area contributed by atoms with Gasteiger partial charge in [0.15, 0.2) is 0 Å². The van der Waals surface area contributed by atoms with Crippen LogP contribution < -0.4 is 5.56 Å². The number of carboxylic acid groups (broad SMARTS) is 1. The van der Waals surface area contributed by atoms with Crippen molar-refractivity contribution in [3.05, 3.63) is 40.3 Å². The SMILES string of the molecule is C.CC(C)(C)C1CCC(N2[C@@H]3CC[C@H]2CC(n2c(=O)c(C(=O)O)nc4ccccc42)C3)CC1.Cl. The maximum absolute atomic E-state index is 13.2. The molecular weight excluding hydrogens is 450 g/mol.